The molecule has 0 fully saturated rings. The number of ether oxygens (including phenoxy) is 2. The van der Waals surface area contributed by atoms with E-state index in [4.69, 9.17) is 14.6 Å². The van der Waals surface area contributed by atoms with Crippen LogP contribution in [0.25, 0.3) is 5.69 Å². The summed E-state index contributed by atoms with van der Waals surface area (Å²) in [5.41, 5.74) is 3.57. The lowest BCUT2D eigenvalue weighted by atomic mass is 9.98. The molecule has 1 atom stereocenters. The van der Waals surface area contributed by atoms with Gasteiger partial charge in [0.25, 0.3) is 5.91 Å². The molecule has 1 aromatic heterocycles. The van der Waals surface area contributed by atoms with Gasteiger partial charge in [-0.1, -0.05) is 66.4 Å². The highest BCUT2D eigenvalue weighted by Gasteiger charge is 2.33. The fourth-order valence-electron chi connectivity index (χ4n) is 4.15. The Bertz CT molecular complexity index is 1390. The van der Waals surface area contributed by atoms with E-state index in [2.05, 4.69) is 15.5 Å². The Morgan fingerprint density at radius 1 is 1.03 bits per heavy atom. The second-order valence-corrected chi connectivity index (χ2v) is 9.15. The SMILES string of the molecule is CCOc1ccccc1-n1nnnc1SCC(=O)N1N=C(c2ccccc2)CC1c1ccc(OC)cc1. The maximum Gasteiger partial charge on any atom is 0.253 e. The number of rotatable bonds is 9. The quantitative estimate of drug-likeness (QED) is 0.303. The van der Waals surface area contributed by atoms with Crippen LogP contribution in [0.15, 0.2) is 89.1 Å². The van der Waals surface area contributed by atoms with Gasteiger partial charge < -0.3 is 9.47 Å². The smallest absolute Gasteiger partial charge is 0.253 e. The first-order valence-corrected chi connectivity index (χ1v) is 12.9. The molecule has 0 aliphatic carbocycles. The predicted molar refractivity (Wildman–Crippen MR) is 141 cm³/mol. The van der Waals surface area contributed by atoms with Gasteiger partial charge in [-0.25, -0.2) is 5.01 Å². The number of hydrogen-bond donors (Lipinski definition) is 0. The number of tetrazole rings is 1. The van der Waals surface area contributed by atoms with E-state index >= 15 is 0 Å². The molecule has 1 amide bonds. The van der Waals surface area contributed by atoms with Crippen molar-refractivity contribution in [3.63, 3.8) is 0 Å². The Hall–Kier alpha value is -4.18. The highest BCUT2D eigenvalue weighted by molar-refractivity contribution is 7.99. The number of thioether (sulfide) groups is 1. The summed E-state index contributed by atoms with van der Waals surface area (Å²) in [5, 5.41) is 18.9. The van der Waals surface area contributed by atoms with Crippen LogP contribution in [0.2, 0.25) is 0 Å². The summed E-state index contributed by atoms with van der Waals surface area (Å²) in [4.78, 5) is 13.5. The minimum Gasteiger partial charge on any atom is -0.497 e. The Balaban J connectivity index is 1.38. The van der Waals surface area contributed by atoms with Crippen molar-refractivity contribution in [3.8, 4) is 17.2 Å². The van der Waals surface area contributed by atoms with E-state index < -0.39 is 0 Å². The number of hydrogen-bond acceptors (Lipinski definition) is 8. The lowest BCUT2D eigenvalue weighted by Crippen LogP contribution is -2.28. The van der Waals surface area contributed by atoms with E-state index in [1.165, 1.54) is 11.8 Å². The van der Waals surface area contributed by atoms with Gasteiger partial charge in [0.05, 0.1) is 31.2 Å². The van der Waals surface area contributed by atoms with Crippen molar-refractivity contribution in [2.45, 2.75) is 24.5 Å². The van der Waals surface area contributed by atoms with Gasteiger partial charge in [-0.05, 0) is 52.7 Å². The lowest BCUT2D eigenvalue weighted by Gasteiger charge is -2.22. The van der Waals surface area contributed by atoms with Gasteiger partial charge in [0.15, 0.2) is 0 Å². The van der Waals surface area contributed by atoms with E-state index in [-0.39, 0.29) is 17.7 Å². The van der Waals surface area contributed by atoms with Crippen LogP contribution in [0.1, 0.15) is 30.5 Å². The molecule has 9 nitrogen and oxygen atoms in total. The van der Waals surface area contributed by atoms with Crippen molar-refractivity contribution in [1.29, 1.82) is 0 Å². The monoisotopic (exact) mass is 514 g/mol. The van der Waals surface area contributed by atoms with Gasteiger partial charge in [-0.3, -0.25) is 4.79 Å². The molecular formula is C27H26N6O3S. The minimum atomic E-state index is -0.219. The predicted octanol–water partition coefficient (Wildman–Crippen LogP) is 4.54. The molecule has 0 saturated heterocycles. The zero-order valence-corrected chi connectivity index (χ0v) is 21.3. The summed E-state index contributed by atoms with van der Waals surface area (Å²) >= 11 is 1.26. The zero-order chi connectivity index (χ0) is 25.6. The third-order valence-corrected chi connectivity index (χ3v) is 6.84. The molecule has 10 heteroatoms. The van der Waals surface area contributed by atoms with Gasteiger partial charge in [-0.15, -0.1) is 5.10 Å². The molecule has 0 saturated carbocycles. The van der Waals surface area contributed by atoms with Gasteiger partial charge in [0.1, 0.15) is 17.2 Å². The molecular weight excluding hydrogens is 488 g/mol. The van der Waals surface area contributed by atoms with E-state index in [9.17, 15) is 4.79 Å². The maximum absolute atomic E-state index is 13.5. The van der Waals surface area contributed by atoms with Crippen LogP contribution >= 0.6 is 11.8 Å². The molecule has 37 heavy (non-hydrogen) atoms. The molecule has 5 rings (SSSR count). The van der Waals surface area contributed by atoms with Crippen molar-refractivity contribution < 1.29 is 14.3 Å². The largest absolute Gasteiger partial charge is 0.497 e. The van der Waals surface area contributed by atoms with Crippen LogP contribution in [-0.4, -0.2) is 56.3 Å². The van der Waals surface area contributed by atoms with Crippen molar-refractivity contribution in [2.24, 2.45) is 5.10 Å². The van der Waals surface area contributed by atoms with Crippen LogP contribution in [0.3, 0.4) is 0 Å². The van der Waals surface area contributed by atoms with Crippen LogP contribution < -0.4 is 9.47 Å². The summed E-state index contributed by atoms with van der Waals surface area (Å²) in [7, 11) is 1.63. The number of amides is 1. The summed E-state index contributed by atoms with van der Waals surface area (Å²) in [6.45, 7) is 2.44. The Labute approximate surface area is 219 Å². The van der Waals surface area contributed by atoms with Gasteiger partial charge in [-0.2, -0.15) is 9.78 Å². The Kier molecular flexibility index (Phi) is 7.46. The first-order chi connectivity index (χ1) is 18.2. The fourth-order valence-corrected chi connectivity index (χ4v) is 4.89. The number of hydrazone groups is 1. The van der Waals surface area contributed by atoms with E-state index in [1.54, 1.807) is 16.8 Å². The Morgan fingerprint density at radius 3 is 2.54 bits per heavy atom. The number of aromatic nitrogens is 4. The van der Waals surface area contributed by atoms with Crippen molar-refractivity contribution in [3.05, 3.63) is 90.0 Å². The van der Waals surface area contributed by atoms with E-state index in [1.807, 2.05) is 85.8 Å². The van der Waals surface area contributed by atoms with Gasteiger partial charge >= 0.3 is 0 Å². The molecule has 0 radical (unpaired) electrons. The second kappa shape index (κ2) is 11.3. The number of carbonyl (C=O) groups excluding carboxylic acids is 1. The number of para-hydroxylation sites is 2. The van der Waals surface area contributed by atoms with Crippen molar-refractivity contribution >= 4 is 23.4 Å². The standard InChI is InChI=1S/C27H26N6O3S/c1-3-36-25-12-8-7-11-23(25)33-27(28-30-31-33)37-18-26(34)32-24(20-13-15-21(35-2)16-14-20)17-22(29-32)19-9-5-4-6-10-19/h4-16,24H,3,17-18H2,1-2H3. The third kappa shape index (κ3) is 5.34. The number of carbonyl (C=O) groups is 1. The second-order valence-electron chi connectivity index (χ2n) is 8.21. The molecule has 0 bridgehead atoms. The third-order valence-electron chi connectivity index (χ3n) is 5.93. The summed E-state index contributed by atoms with van der Waals surface area (Å²) < 4.78 is 12.6. The minimum absolute atomic E-state index is 0.120. The summed E-state index contributed by atoms with van der Waals surface area (Å²) in [6, 6.07) is 25.0. The van der Waals surface area contributed by atoms with Crippen LogP contribution in [0.4, 0.5) is 0 Å². The highest BCUT2D eigenvalue weighted by Crippen LogP contribution is 2.34. The molecule has 2 heterocycles. The molecule has 0 N–H and O–H groups in total. The van der Waals surface area contributed by atoms with Crippen LogP contribution in [0, 0.1) is 0 Å². The molecule has 0 spiro atoms. The first kappa shape index (κ1) is 24.5. The summed E-state index contributed by atoms with van der Waals surface area (Å²) in [6.07, 6.45) is 0.617. The average molecular weight is 515 g/mol. The van der Waals surface area contributed by atoms with E-state index in [0.29, 0.717) is 29.6 Å². The lowest BCUT2D eigenvalue weighted by molar-refractivity contribution is -0.130. The Morgan fingerprint density at radius 2 is 1.78 bits per heavy atom. The van der Waals surface area contributed by atoms with Gasteiger partial charge in [0, 0.05) is 6.42 Å². The number of nitrogens with zero attached hydrogens (tertiary/aromatic N) is 6. The number of benzene rings is 3. The van der Waals surface area contributed by atoms with E-state index in [0.717, 1.165) is 22.6 Å². The normalized spacial score (nSPS) is 14.9. The summed E-state index contributed by atoms with van der Waals surface area (Å²) in [5.74, 6) is 1.42. The highest BCUT2D eigenvalue weighted by atomic mass is 32.2. The topological polar surface area (TPSA) is 94.7 Å². The first-order valence-electron chi connectivity index (χ1n) is 11.9. The van der Waals surface area contributed by atoms with Crippen LogP contribution in [0.5, 0.6) is 11.5 Å². The van der Waals surface area contributed by atoms with Crippen LogP contribution in [-0.2, 0) is 4.79 Å². The molecule has 3 aromatic carbocycles. The van der Waals surface area contributed by atoms with Crippen molar-refractivity contribution in [1.82, 2.24) is 25.2 Å². The molecule has 188 valence electrons. The maximum atomic E-state index is 13.5. The zero-order valence-electron chi connectivity index (χ0n) is 20.5. The molecule has 1 unspecified atom stereocenters. The van der Waals surface area contributed by atoms with Gasteiger partial charge in [0.2, 0.25) is 5.16 Å². The molecule has 1 aliphatic heterocycles. The molecule has 1 aliphatic rings. The number of methoxy groups -OCH3 is 1. The molecule has 4 aromatic rings. The van der Waals surface area contributed by atoms with Crippen molar-refractivity contribution in [2.75, 3.05) is 19.5 Å². The average Bonchev–Trinajstić information content (AvgIpc) is 3.61. The fraction of sp³-hybridized carbons (Fsp3) is 0.222.